The van der Waals surface area contributed by atoms with Crippen LogP contribution in [0.4, 0.5) is 0 Å². The zero-order chi connectivity index (χ0) is 38.4. The van der Waals surface area contributed by atoms with Crippen LogP contribution in [0.2, 0.25) is 0 Å². The third kappa shape index (κ3) is 11.0. The van der Waals surface area contributed by atoms with E-state index >= 15 is 0 Å². The summed E-state index contributed by atoms with van der Waals surface area (Å²) in [4.78, 5) is 0. The first-order valence-corrected chi connectivity index (χ1v) is 21.9. The van der Waals surface area contributed by atoms with Gasteiger partial charge in [0.1, 0.15) is 23.0 Å². The van der Waals surface area contributed by atoms with E-state index in [-0.39, 0.29) is 26.4 Å². The molecule has 292 valence electrons. The van der Waals surface area contributed by atoms with E-state index in [2.05, 4.69) is 0 Å². The zero-order valence-corrected chi connectivity index (χ0v) is 33.2. The number of phenolic OH excluding ortho intramolecular Hbond substituents is 2. The van der Waals surface area contributed by atoms with Gasteiger partial charge in [0.05, 0.1) is 10.6 Å². The van der Waals surface area contributed by atoms with Crippen LogP contribution in [0.15, 0.2) is 146 Å². The molecule has 0 radical (unpaired) electrons. The van der Waals surface area contributed by atoms with Gasteiger partial charge in [0.25, 0.3) is 14.7 Å². The minimum absolute atomic E-state index is 0. The Balaban J connectivity index is 0.000000268. The minimum Gasteiger partial charge on any atom is -0.508 e. The maximum absolute atomic E-state index is 12.8. The van der Waals surface area contributed by atoms with Crippen molar-refractivity contribution in [1.82, 2.24) is 0 Å². The van der Waals surface area contributed by atoms with Crippen molar-refractivity contribution in [3.63, 3.8) is 0 Å². The largest absolute Gasteiger partial charge is 0.508 e. The summed E-state index contributed by atoms with van der Waals surface area (Å²) in [5, 5.41) is 19.9. The first kappa shape index (κ1) is 46.1. The van der Waals surface area contributed by atoms with Gasteiger partial charge in [-0.25, -0.2) is 0 Å². The lowest BCUT2D eigenvalue weighted by molar-refractivity contribution is 0.475. The van der Waals surface area contributed by atoms with Gasteiger partial charge in [-0.15, -0.1) is 0 Å². The van der Waals surface area contributed by atoms with Crippen molar-refractivity contribution >= 4 is 25.3 Å². The van der Waals surface area contributed by atoms with Crippen LogP contribution >= 0.6 is 14.7 Å². The highest BCUT2D eigenvalue weighted by molar-refractivity contribution is 7.68. The lowest BCUT2D eigenvalue weighted by Gasteiger charge is -2.27. The van der Waals surface area contributed by atoms with Gasteiger partial charge in [-0.05, 0) is 77.2 Å². The van der Waals surface area contributed by atoms with E-state index in [9.17, 15) is 9.13 Å². The quantitative estimate of drug-likeness (QED) is 0.173. The number of hydrogen-bond donors (Lipinski definition) is 2. The molecule has 2 heterocycles. The number of rotatable bonds is 4. The molecule has 0 amide bonds. The van der Waals surface area contributed by atoms with Gasteiger partial charge in [-0.2, -0.15) is 0 Å². The zero-order valence-electron chi connectivity index (χ0n) is 31.4. The van der Waals surface area contributed by atoms with Crippen LogP contribution in [0.1, 0.15) is 67.5 Å². The van der Waals surface area contributed by atoms with Crippen molar-refractivity contribution in [3.8, 4) is 45.3 Å². The molecule has 0 aromatic heterocycles. The van der Waals surface area contributed by atoms with Crippen LogP contribution in [0.5, 0.6) is 23.0 Å². The Bertz CT molecular complexity index is 2010. The lowest BCUT2D eigenvalue weighted by Crippen LogP contribution is -2.18. The topological polar surface area (TPSA) is 93.1 Å². The number of para-hydroxylation sites is 2. The molecule has 0 fully saturated rings. The van der Waals surface area contributed by atoms with E-state index in [0.717, 1.165) is 61.9 Å². The summed E-state index contributed by atoms with van der Waals surface area (Å²) in [6, 6.07) is 45.4. The summed E-state index contributed by atoms with van der Waals surface area (Å²) in [6.45, 7) is 11.8. The monoisotopic (exact) mass is 780 g/mol. The molecule has 2 atom stereocenters. The number of aromatic hydroxyl groups is 2. The van der Waals surface area contributed by atoms with Crippen LogP contribution < -0.4 is 19.7 Å². The maximum Gasteiger partial charge on any atom is 0.277 e. The molecule has 2 aliphatic rings. The van der Waals surface area contributed by atoms with Crippen LogP contribution in [-0.2, 0) is 15.6 Å². The fraction of sp³-hybridized carbons (Fsp3) is 0.234. The summed E-state index contributed by atoms with van der Waals surface area (Å²) in [5.41, 5.74) is 6.42. The van der Waals surface area contributed by atoms with Crippen molar-refractivity contribution in [2.75, 3.05) is 12.3 Å². The first-order chi connectivity index (χ1) is 25.7. The summed E-state index contributed by atoms with van der Waals surface area (Å²) in [7, 11) is -5.43. The lowest BCUT2D eigenvalue weighted by atomic mass is 10.0. The SMILES string of the molecule is C.C.CC.CC.CCP1(=O)Oc2ccccc2-c2ccccc21.CCP1(=O)Oc2ccccc2-c2ccccc21.Oc1ccc(Cc2ccc(O)cc2)cc1. The average Bonchev–Trinajstić information content (AvgIpc) is 3.22. The molecule has 0 bridgehead atoms. The van der Waals surface area contributed by atoms with E-state index in [1.807, 2.05) is 163 Å². The highest BCUT2D eigenvalue weighted by atomic mass is 31.2. The molecular formula is C47H58O6P2. The van der Waals surface area contributed by atoms with E-state index < -0.39 is 14.7 Å². The van der Waals surface area contributed by atoms with Gasteiger partial charge in [0, 0.05) is 23.5 Å². The first-order valence-electron chi connectivity index (χ1n) is 18.2. The fourth-order valence-electron chi connectivity index (χ4n) is 5.88. The van der Waals surface area contributed by atoms with E-state index in [1.165, 1.54) is 0 Å². The molecule has 0 aliphatic carbocycles. The number of phenols is 2. The number of hydrogen-bond acceptors (Lipinski definition) is 6. The van der Waals surface area contributed by atoms with Gasteiger partial charge >= 0.3 is 0 Å². The molecule has 8 rings (SSSR count). The van der Waals surface area contributed by atoms with Crippen LogP contribution in [0, 0.1) is 0 Å². The number of fused-ring (bicyclic) bond motifs is 6. The van der Waals surface area contributed by atoms with Crippen molar-refractivity contribution in [2.24, 2.45) is 0 Å². The molecule has 0 spiro atoms. The van der Waals surface area contributed by atoms with Gasteiger partial charge in [-0.3, -0.25) is 9.13 Å². The van der Waals surface area contributed by atoms with Crippen molar-refractivity contribution in [3.05, 3.63) is 157 Å². The van der Waals surface area contributed by atoms with E-state index in [1.54, 1.807) is 24.3 Å². The third-order valence-corrected chi connectivity index (χ3v) is 13.4. The van der Waals surface area contributed by atoms with Crippen molar-refractivity contribution in [2.45, 2.75) is 62.8 Å². The average molecular weight is 781 g/mol. The van der Waals surface area contributed by atoms with E-state index in [4.69, 9.17) is 19.3 Å². The molecule has 6 nitrogen and oxygen atoms in total. The molecule has 55 heavy (non-hydrogen) atoms. The summed E-state index contributed by atoms with van der Waals surface area (Å²) >= 11 is 0. The van der Waals surface area contributed by atoms with Gasteiger partial charge in [-0.1, -0.05) is 153 Å². The predicted molar refractivity (Wildman–Crippen MR) is 236 cm³/mol. The predicted octanol–water partition coefficient (Wildman–Crippen LogP) is 13.4. The number of benzene rings is 6. The second kappa shape index (κ2) is 21.8. The Morgan fingerprint density at radius 3 is 1.05 bits per heavy atom. The molecule has 2 N–H and O–H groups in total. The standard InChI is InChI=1S/2C14H13O2P.C13H12O2.2C2H6.2CH4/c2*1-2-17(15)14-10-6-4-8-12(14)11-7-3-5-9-13(11)16-17;14-12-5-1-10(2-6-12)9-11-3-7-13(15)8-4-11;2*1-2;;/h2*3-10H,2H2,1H3;1-8,14-15H,9H2;2*1-2H3;2*1H4. The summed E-state index contributed by atoms with van der Waals surface area (Å²) < 4.78 is 37.0. The van der Waals surface area contributed by atoms with Crippen LogP contribution in [-0.4, -0.2) is 22.5 Å². The molecule has 2 aliphatic heterocycles. The Kier molecular flexibility index (Phi) is 18.3. The highest BCUT2D eigenvalue weighted by Gasteiger charge is 2.34. The molecule has 0 saturated carbocycles. The smallest absolute Gasteiger partial charge is 0.277 e. The van der Waals surface area contributed by atoms with Crippen LogP contribution in [0.3, 0.4) is 0 Å². The second-order valence-electron chi connectivity index (χ2n) is 11.7. The Morgan fingerprint density at radius 2 is 0.727 bits per heavy atom. The third-order valence-electron chi connectivity index (χ3n) is 8.50. The van der Waals surface area contributed by atoms with Gasteiger partial charge < -0.3 is 19.3 Å². The molecule has 6 aromatic carbocycles. The molecule has 6 aromatic rings. The van der Waals surface area contributed by atoms with E-state index in [0.29, 0.717) is 12.3 Å². The fourth-order valence-corrected chi connectivity index (χ4v) is 9.72. The Morgan fingerprint density at radius 1 is 0.436 bits per heavy atom. The Labute approximate surface area is 329 Å². The minimum atomic E-state index is -2.72. The van der Waals surface area contributed by atoms with Gasteiger partial charge in [0.2, 0.25) is 0 Å². The molecule has 8 heteroatoms. The normalized spacial score (nSPS) is 16.1. The summed E-state index contributed by atoms with van der Waals surface area (Å²) in [5.74, 6) is 2.03. The molecule has 2 unspecified atom stereocenters. The maximum atomic E-state index is 12.8. The molecular weight excluding hydrogens is 722 g/mol. The van der Waals surface area contributed by atoms with Gasteiger partial charge in [0.15, 0.2) is 0 Å². The van der Waals surface area contributed by atoms with Crippen molar-refractivity contribution < 1.29 is 28.4 Å². The van der Waals surface area contributed by atoms with Crippen LogP contribution in [0.25, 0.3) is 22.3 Å². The summed E-state index contributed by atoms with van der Waals surface area (Å²) in [6.07, 6.45) is 1.86. The van der Waals surface area contributed by atoms with Crippen molar-refractivity contribution in [1.29, 1.82) is 0 Å². The second-order valence-corrected chi connectivity index (χ2v) is 17.0. The molecule has 0 saturated heterocycles. The Hall–Kier alpha value is -5.02. The highest BCUT2D eigenvalue weighted by Crippen LogP contribution is 2.55.